The molecule has 0 aliphatic rings. The number of aryl methyl sites for hydroxylation is 2. The van der Waals surface area contributed by atoms with Gasteiger partial charge in [-0.05, 0) is 44.5 Å². The summed E-state index contributed by atoms with van der Waals surface area (Å²) < 4.78 is 1.87. The third kappa shape index (κ3) is 3.60. The molecule has 1 amide bonds. The molecule has 2 heterocycles. The molecule has 0 aliphatic heterocycles. The molecule has 0 unspecified atom stereocenters. The molecule has 0 fully saturated rings. The predicted molar refractivity (Wildman–Crippen MR) is 97.8 cm³/mol. The van der Waals surface area contributed by atoms with Gasteiger partial charge in [-0.1, -0.05) is 30.7 Å². The summed E-state index contributed by atoms with van der Waals surface area (Å²) in [6, 6.07) is 13.8. The van der Waals surface area contributed by atoms with E-state index in [2.05, 4.69) is 22.3 Å². The number of aromatic nitrogens is 3. The summed E-state index contributed by atoms with van der Waals surface area (Å²) in [6.45, 7) is 6.36. The van der Waals surface area contributed by atoms with Crippen molar-refractivity contribution >= 4 is 5.91 Å². The quantitative estimate of drug-likeness (QED) is 0.778. The zero-order chi connectivity index (χ0) is 17.8. The van der Waals surface area contributed by atoms with Crippen molar-refractivity contribution in [1.29, 1.82) is 0 Å². The lowest BCUT2D eigenvalue weighted by atomic mass is 10.1. The molecular weight excluding hydrogens is 312 g/mol. The highest BCUT2D eigenvalue weighted by Gasteiger charge is 2.21. The Morgan fingerprint density at radius 3 is 2.52 bits per heavy atom. The fourth-order valence-electron chi connectivity index (χ4n) is 2.86. The predicted octanol–water partition coefficient (Wildman–Crippen LogP) is 3.38. The first-order valence-electron chi connectivity index (χ1n) is 8.43. The van der Waals surface area contributed by atoms with Crippen LogP contribution in [0.4, 0.5) is 0 Å². The van der Waals surface area contributed by atoms with E-state index in [1.54, 1.807) is 6.20 Å². The van der Waals surface area contributed by atoms with E-state index in [9.17, 15) is 4.79 Å². The summed E-state index contributed by atoms with van der Waals surface area (Å²) in [5, 5.41) is 7.55. The molecule has 5 nitrogen and oxygen atoms in total. The Kier molecular flexibility index (Phi) is 4.93. The van der Waals surface area contributed by atoms with Gasteiger partial charge in [-0.2, -0.15) is 5.10 Å². The van der Waals surface area contributed by atoms with Gasteiger partial charge in [0.05, 0.1) is 34.9 Å². The first-order valence-corrected chi connectivity index (χ1v) is 8.43. The monoisotopic (exact) mass is 334 g/mol. The van der Waals surface area contributed by atoms with Crippen LogP contribution in [0.3, 0.4) is 0 Å². The molecule has 5 heteroatoms. The van der Waals surface area contributed by atoms with Crippen LogP contribution in [-0.4, -0.2) is 20.7 Å². The molecule has 0 aliphatic carbocycles. The molecule has 2 aromatic heterocycles. The van der Waals surface area contributed by atoms with Crippen LogP contribution in [0, 0.1) is 13.8 Å². The molecule has 3 aromatic rings. The van der Waals surface area contributed by atoms with E-state index < -0.39 is 0 Å². The molecule has 0 radical (unpaired) electrons. The number of nitrogens with one attached hydrogen (secondary N) is 1. The van der Waals surface area contributed by atoms with Crippen molar-refractivity contribution in [2.24, 2.45) is 0 Å². The number of nitrogens with zero attached hydrogens (tertiary/aromatic N) is 3. The standard InChI is InChI=1S/C20H22N4O/c1-4-18-19(20(25)22-13-16-7-5-6-12-21-16)15(3)23-24(18)17-10-8-14(2)9-11-17/h5-12H,4,13H2,1-3H3,(H,22,25). The van der Waals surface area contributed by atoms with Crippen LogP contribution in [0.15, 0.2) is 48.7 Å². The third-order valence-electron chi connectivity index (χ3n) is 4.15. The maximum absolute atomic E-state index is 12.7. The van der Waals surface area contributed by atoms with Crippen molar-refractivity contribution in [2.75, 3.05) is 0 Å². The molecule has 0 spiro atoms. The van der Waals surface area contributed by atoms with E-state index in [0.29, 0.717) is 12.1 Å². The van der Waals surface area contributed by atoms with Crippen molar-refractivity contribution < 1.29 is 4.79 Å². The second-order valence-electron chi connectivity index (χ2n) is 6.01. The molecule has 3 rings (SSSR count). The summed E-state index contributed by atoms with van der Waals surface area (Å²) in [5.41, 5.74) is 5.29. The van der Waals surface area contributed by atoms with Gasteiger partial charge in [-0.25, -0.2) is 4.68 Å². The average molecular weight is 334 g/mol. The van der Waals surface area contributed by atoms with E-state index in [0.717, 1.165) is 29.2 Å². The zero-order valence-corrected chi connectivity index (χ0v) is 14.8. The van der Waals surface area contributed by atoms with Crippen molar-refractivity contribution in [2.45, 2.75) is 33.7 Å². The Morgan fingerprint density at radius 2 is 1.88 bits per heavy atom. The van der Waals surface area contributed by atoms with Crippen molar-refractivity contribution in [3.8, 4) is 5.69 Å². The Labute approximate surface area is 147 Å². The lowest BCUT2D eigenvalue weighted by Gasteiger charge is -2.09. The van der Waals surface area contributed by atoms with Crippen LogP contribution in [-0.2, 0) is 13.0 Å². The van der Waals surface area contributed by atoms with Gasteiger partial charge in [0.15, 0.2) is 0 Å². The lowest BCUT2D eigenvalue weighted by Crippen LogP contribution is -2.24. The smallest absolute Gasteiger partial charge is 0.255 e. The summed E-state index contributed by atoms with van der Waals surface area (Å²) in [4.78, 5) is 17.0. The summed E-state index contributed by atoms with van der Waals surface area (Å²) in [7, 11) is 0. The molecule has 1 aromatic carbocycles. The van der Waals surface area contributed by atoms with Crippen LogP contribution in [0.25, 0.3) is 5.69 Å². The first kappa shape index (κ1) is 16.9. The van der Waals surface area contributed by atoms with E-state index in [1.807, 2.05) is 61.0 Å². The van der Waals surface area contributed by atoms with Crippen LogP contribution in [0.2, 0.25) is 0 Å². The van der Waals surface area contributed by atoms with Crippen LogP contribution in [0.1, 0.15) is 39.9 Å². The first-order chi connectivity index (χ1) is 12.1. The Morgan fingerprint density at radius 1 is 1.12 bits per heavy atom. The van der Waals surface area contributed by atoms with Gasteiger partial charge in [0.1, 0.15) is 0 Å². The van der Waals surface area contributed by atoms with E-state index >= 15 is 0 Å². The normalized spacial score (nSPS) is 10.7. The number of hydrogen-bond acceptors (Lipinski definition) is 3. The van der Waals surface area contributed by atoms with Crippen LogP contribution >= 0.6 is 0 Å². The molecule has 0 saturated heterocycles. The lowest BCUT2D eigenvalue weighted by molar-refractivity contribution is 0.0949. The molecule has 0 atom stereocenters. The van der Waals surface area contributed by atoms with Gasteiger partial charge >= 0.3 is 0 Å². The minimum absolute atomic E-state index is 0.113. The largest absolute Gasteiger partial charge is 0.346 e. The highest BCUT2D eigenvalue weighted by molar-refractivity contribution is 5.96. The van der Waals surface area contributed by atoms with Gasteiger partial charge in [0.2, 0.25) is 0 Å². The number of benzene rings is 1. The highest BCUT2D eigenvalue weighted by Crippen LogP contribution is 2.20. The topological polar surface area (TPSA) is 59.8 Å². The summed E-state index contributed by atoms with van der Waals surface area (Å²) in [6.07, 6.45) is 2.45. The third-order valence-corrected chi connectivity index (χ3v) is 4.15. The number of amides is 1. The minimum Gasteiger partial charge on any atom is -0.346 e. The average Bonchev–Trinajstić information content (AvgIpc) is 2.97. The molecule has 25 heavy (non-hydrogen) atoms. The highest BCUT2D eigenvalue weighted by atomic mass is 16.1. The number of carbonyl (C=O) groups is 1. The van der Waals surface area contributed by atoms with Crippen molar-refractivity contribution in [3.63, 3.8) is 0 Å². The van der Waals surface area contributed by atoms with Crippen molar-refractivity contribution in [3.05, 3.63) is 76.9 Å². The van der Waals surface area contributed by atoms with E-state index in [4.69, 9.17) is 0 Å². The maximum Gasteiger partial charge on any atom is 0.255 e. The second kappa shape index (κ2) is 7.30. The number of carbonyl (C=O) groups excluding carboxylic acids is 1. The Hall–Kier alpha value is -2.95. The van der Waals surface area contributed by atoms with Gasteiger partial charge in [0, 0.05) is 6.20 Å². The van der Waals surface area contributed by atoms with E-state index in [1.165, 1.54) is 5.56 Å². The SMILES string of the molecule is CCc1c(C(=O)NCc2ccccn2)c(C)nn1-c1ccc(C)cc1. The fraction of sp³-hybridized carbons (Fsp3) is 0.250. The number of rotatable bonds is 5. The Balaban J connectivity index is 1.88. The maximum atomic E-state index is 12.7. The molecule has 0 saturated carbocycles. The minimum atomic E-state index is -0.113. The fourth-order valence-corrected chi connectivity index (χ4v) is 2.86. The Bertz CT molecular complexity index is 867. The van der Waals surface area contributed by atoms with E-state index in [-0.39, 0.29) is 5.91 Å². The van der Waals surface area contributed by atoms with Gasteiger partial charge in [0.25, 0.3) is 5.91 Å². The van der Waals surface area contributed by atoms with Crippen LogP contribution < -0.4 is 5.32 Å². The number of pyridine rings is 1. The van der Waals surface area contributed by atoms with Crippen LogP contribution in [0.5, 0.6) is 0 Å². The molecule has 1 N–H and O–H groups in total. The van der Waals surface area contributed by atoms with Gasteiger partial charge in [-0.3, -0.25) is 9.78 Å². The van der Waals surface area contributed by atoms with Gasteiger partial charge < -0.3 is 5.32 Å². The van der Waals surface area contributed by atoms with Gasteiger partial charge in [-0.15, -0.1) is 0 Å². The summed E-state index contributed by atoms with van der Waals surface area (Å²) in [5.74, 6) is -0.113. The van der Waals surface area contributed by atoms with Crippen molar-refractivity contribution in [1.82, 2.24) is 20.1 Å². The molecule has 0 bridgehead atoms. The molecular formula is C20H22N4O. The summed E-state index contributed by atoms with van der Waals surface area (Å²) >= 11 is 0. The number of hydrogen-bond donors (Lipinski definition) is 1. The second-order valence-corrected chi connectivity index (χ2v) is 6.01. The molecule has 128 valence electrons. The zero-order valence-electron chi connectivity index (χ0n) is 14.8.